The number of nitrogens with zero attached hydrogens (tertiary/aromatic N) is 2. The van der Waals surface area contributed by atoms with Gasteiger partial charge in [-0.15, -0.1) is 11.3 Å². The van der Waals surface area contributed by atoms with E-state index in [1.807, 2.05) is 11.0 Å². The van der Waals surface area contributed by atoms with Crippen LogP contribution in [-0.4, -0.2) is 44.0 Å². The first-order valence-electron chi connectivity index (χ1n) is 8.51. The lowest BCUT2D eigenvalue weighted by molar-refractivity contribution is -0.125. The Kier molecular flexibility index (Phi) is 5.29. The molecule has 27 heavy (non-hydrogen) atoms. The number of thiophene rings is 1. The van der Waals surface area contributed by atoms with Gasteiger partial charge in [0.1, 0.15) is 11.5 Å². The van der Waals surface area contributed by atoms with Gasteiger partial charge in [-0.3, -0.25) is 4.79 Å². The number of anilines is 2. The maximum atomic E-state index is 14.4. The quantitative estimate of drug-likeness (QED) is 0.839. The first-order chi connectivity index (χ1) is 13.1. The molecule has 1 N–H and O–H groups in total. The van der Waals surface area contributed by atoms with Gasteiger partial charge >= 0.3 is 0 Å². The summed E-state index contributed by atoms with van der Waals surface area (Å²) in [5, 5.41) is 6.66. The predicted octanol–water partition coefficient (Wildman–Crippen LogP) is 3.51. The molecule has 0 saturated carbocycles. The number of oxime groups is 1. The summed E-state index contributed by atoms with van der Waals surface area (Å²) in [7, 11) is 0. The lowest BCUT2D eigenvalue weighted by Gasteiger charge is -2.29. The maximum absolute atomic E-state index is 14.4. The van der Waals surface area contributed by atoms with Crippen LogP contribution in [0.2, 0.25) is 4.34 Å². The third-order valence-electron chi connectivity index (χ3n) is 4.39. The third kappa shape index (κ3) is 4.07. The standard InChI is InChI=1S/C18H17ClFN3O3S/c19-17-4-3-16(27-17)13-10-15(26-22-13)18(24)21-11-1-2-14(12(20)9-11)23-5-7-25-8-6-23/h1-4,9,15H,5-8,10H2,(H,21,24). The number of carbonyl (C=O) groups excluding carboxylic acids is 1. The van der Waals surface area contributed by atoms with Gasteiger partial charge < -0.3 is 19.8 Å². The van der Waals surface area contributed by atoms with Crippen LogP contribution >= 0.6 is 22.9 Å². The van der Waals surface area contributed by atoms with E-state index in [-0.39, 0.29) is 11.7 Å². The number of morpholine rings is 1. The summed E-state index contributed by atoms with van der Waals surface area (Å²) in [6.45, 7) is 2.44. The molecule has 1 aromatic heterocycles. The van der Waals surface area contributed by atoms with Crippen LogP contribution in [0.15, 0.2) is 35.5 Å². The minimum absolute atomic E-state index is 0.344. The summed E-state index contributed by atoms with van der Waals surface area (Å²) in [5.74, 6) is -0.748. The minimum Gasteiger partial charge on any atom is -0.382 e. The van der Waals surface area contributed by atoms with E-state index in [0.29, 0.717) is 54.1 Å². The Morgan fingerprint density at radius 1 is 1.30 bits per heavy atom. The van der Waals surface area contributed by atoms with Gasteiger partial charge in [0, 0.05) is 25.2 Å². The number of benzene rings is 1. The lowest BCUT2D eigenvalue weighted by atomic mass is 10.1. The molecule has 0 spiro atoms. The van der Waals surface area contributed by atoms with Gasteiger partial charge in [-0.05, 0) is 30.3 Å². The van der Waals surface area contributed by atoms with Crippen molar-refractivity contribution in [3.8, 4) is 0 Å². The van der Waals surface area contributed by atoms with Crippen LogP contribution in [0.5, 0.6) is 0 Å². The number of rotatable bonds is 4. The van der Waals surface area contributed by atoms with Crippen molar-refractivity contribution in [2.45, 2.75) is 12.5 Å². The highest BCUT2D eigenvalue weighted by Crippen LogP contribution is 2.27. The van der Waals surface area contributed by atoms with Crippen LogP contribution < -0.4 is 10.2 Å². The van der Waals surface area contributed by atoms with Crippen molar-refractivity contribution in [2.75, 3.05) is 36.5 Å². The monoisotopic (exact) mass is 409 g/mol. The molecule has 4 rings (SSSR count). The summed E-state index contributed by atoms with van der Waals surface area (Å²) >= 11 is 7.31. The normalized spacial score (nSPS) is 19.6. The smallest absolute Gasteiger partial charge is 0.268 e. The van der Waals surface area contributed by atoms with Crippen molar-refractivity contribution in [1.29, 1.82) is 0 Å². The zero-order valence-corrected chi connectivity index (χ0v) is 15.9. The number of hydrogen-bond donors (Lipinski definition) is 1. The number of nitrogens with one attached hydrogen (secondary N) is 1. The summed E-state index contributed by atoms with van der Waals surface area (Å²) < 4.78 is 20.4. The van der Waals surface area contributed by atoms with Crippen LogP contribution in [0.4, 0.5) is 15.8 Å². The van der Waals surface area contributed by atoms with Crippen molar-refractivity contribution in [3.63, 3.8) is 0 Å². The highest BCUT2D eigenvalue weighted by molar-refractivity contribution is 7.18. The highest BCUT2D eigenvalue weighted by atomic mass is 35.5. The van der Waals surface area contributed by atoms with E-state index in [0.717, 1.165) is 4.88 Å². The lowest BCUT2D eigenvalue weighted by Crippen LogP contribution is -2.36. The maximum Gasteiger partial charge on any atom is 0.268 e. The molecule has 0 bridgehead atoms. The predicted molar refractivity (Wildman–Crippen MR) is 103 cm³/mol. The molecule has 142 valence electrons. The fraction of sp³-hybridized carbons (Fsp3) is 0.333. The molecule has 1 fully saturated rings. The highest BCUT2D eigenvalue weighted by Gasteiger charge is 2.30. The van der Waals surface area contributed by atoms with Crippen molar-refractivity contribution in [2.24, 2.45) is 5.16 Å². The van der Waals surface area contributed by atoms with Crippen LogP contribution in [0.3, 0.4) is 0 Å². The SMILES string of the molecule is O=C(Nc1ccc(N2CCOCC2)c(F)c1)C1CC(c2ccc(Cl)s2)=NO1. The molecule has 3 heterocycles. The molecule has 0 radical (unpaired) electrons. The molecule has 1 atom stereocenters. The Hall–Kier alpha value is -2.16. The van der Waals surface area contributed by atoms with Gasteiger partial charge in [0.25, 0.3) is 5.91 Å². The van der Waals surface area contributed by atoms with Crippen molar-refractivity contribution < 1.29 is 18.8 Å². The average molecular weight is 410 g/mol. The van der Waals surface area contributed by atoms with E-state index in [4.69, 9.17) is 21.2 Å². The van der Waals surface area contributed by atoms with Gasteiger partial charge in [0.15, 0.2) is 0 Å². The first-order valence-corrected chi connectivity index (χ1v) is 9.71. The van der Waals surface area contributed by atoms with Crippen molar-refractivity contribution >= 4 is 45.9 Å². The second kappa shape index (κ2) is 7.84. The molecule has 2 aromatic rings. The summed E-state index contributed by atoms with van der Waals surface area (Å²) in [4.78, 5) is 20.4. The van der Waals surface area contributed by atoms with Crippen molar-refractivity contribution in [3.05, 3.63) is 45.4 Å². The third-order valence-corrected chi connectivity index (χ3v) is 5.67. The molecule has 2 aliphatic heterocycles. The van der Waals surface area contributed by atoms with E-state index in [1.165, 1.54) is 17.4 Å². The van der Waals surface area contributed by atoms with Crippen LogP contribution in [0.25, 0.3) is 0 Å². The van der Waals surface area contributed by atoms with E-state index in [1.54, 1.807) is 18.2 Å². The van der Waals surface area contributed by atoms with Crippen molar-refractivity contribution in [1.82, 2.24) is 0 Å². The molecule has 9 heteroatoms. The minimum atomic E-state index is -0.747. The van der Waals surface area contributed by atoms with E-state index in [2.05, 4.69) is 10.5 Å². The Labute approximate surface area is 164 Å². The van der Waals surface area contributed by atoms with Gasteiger partial charge in [-0.25, -0.2) is 4.39 Å². The second-order valence-electron chi connectivity index (χ2n) is 6.19. The summed E-state index contributed by atoms with van der Waals surface area (Å²) in [6, 6.07) is 8.28. The molecule has 1 saturated heterocycles. The number of ether oxygens (including phenoxy) is 1. The average Bonchev–Trinajstić information content (AvgIpc) is 3.31. The number of carbonyl (C=O) groups is 1. The Morgan fingerprint density at radius 2 is 2.11 bits per heavy atom. The largest absolute Gasteiger partial charge is 0.382 e. The first kappa shape index (κ1) is 18.2. The summed E-state index contributed by atoms with van der Waals surface area (Å²) in [5.41, 5.74) is 1.57. The second-order valence-corrected chi connectivity index (χ2v) is 7.91. The molecule has 1 aromatic carbocycles. The van der Waals surface area contributed by atoms with Gasteiger partial charge in [0.05, 0.1) is 28.1 Å². The van der Waals surface area contributed by atoms with Crippen LogP contribution in [0.1, 0.15) is 11.3 Å². The molecule has 1 amide bonds. The molecular weight excluding hydrogens is 393 g/mol. The zero-order valence-electron chi connectivity index (χ0n) is 14.3. The van der Waals surface area contributed by atoms with E-state index in [9.17, 15) is 9.18 Å². The molecule has 2 aliphatic rings. The molecule has 1 unspecified atom stereocenters. The fourth-order valence-corrected chi connectivity index (χ4v) is 4.03. The van der Waals surface area contributed by atoms with Gasteiger partial charge in [-0.2, -0.15) is 0 Å². The summed E-state index contributed by atoms with van der Waals surface area (Å²) in [6.07, 6.45) is -0.403. The number of halogens is 2. The van der Waals surface area contributed by atoms with E-state index >= 15 is 0 Å². The molecular formula is C18H17ClFN3O3S. The Morgan fingerprint density at radius 3 is 2.81 bits per heavy atom. The van der Waals surface area contributed by atoms with Crippen LogP contribution in [-0.2, 0) is 14.4 Å². The zero-order chi connectivity index (χ0) is 18.8. The van der Waals surface area contributed by atoms with Crippen LogP contribution in [0, 0.1) is 5.82 Å². The topological polar surface area (TPSA) is 63.2 Å². The Balaban J connectivity index is 1.38. The molecule has 6 nitrogen and oxygen atoms in total. The Bertz CT molecular complexity index is 882. The number of amides is 1. The van der Waals surface area contributed by atoms with E-state index < -0.39 is 6.10 Å². The van der Waals surface area contributed by atoms with Gasteiger partial charge in [-0.1, -0.05) is 16.8 Å². The number of hydrogen-bond acceptors (Lipinski definition) is 6. The fourth-order valence-electron chi connectivity index (χ4n) is 3.00. The molecule has 0 aliphatic carbocycles. The van der Waals surface area contributed by atoms with Gasteiger partial charge in [0.2, 0.25) is 6.10 Å².